The third kappa shape index (κ3) is 5.00. The quantitative estimate of drug-likeness (QED) is 0.846. The van der Waals surface area contributed by atoms with Gasteiger partial charge in [-0.05, 0) is 62.9 Å². The van der Waals surface area contributed by atoms with Crippen LogP contribution in [0, 0.1) is 5.82 Å². The summed E-state index contributed by atoms with van der Waals surface area (Å²) in [5.41, 5.74) is 0.759. The Bertz CT molecular complexity index is 477. The van der Waals surface area contributed by atoms with Crippen LogP contribution in [0.3, 0.4) is 0 Å². The molecule has 1 aliphatic carbocycles. The average molecular weight is 320 g/mol. The summed E-state index contributed by atoms with van der Waals surface area (Å²) in [5.74, 6) is -0.162. The number of halogens is 1. The molecule has 2 fully saturated rings. The number of piperidine rings is 1. The lowest BCUT2D eigenvalue weighted by Crippen LogP contribution is -2.48. The van der Waals surface area contributed by atoms with Gasteiger partial charge in [0.15, 0.2) is 0 Å². The van der Waals surface area contributed by atoms with Crippen molar-refractivity contribution in [3.8, 4) is 0 Å². The highest BCUT2D eigenvalue weighted by atomic mass is 19.1. The number of rotatable bonds is 6. The Morgan fingerprint density at radius 3 is 2.43 bits per heavy atom. The fraction of sp³-hybridized carbons (Fsp3) is 0.684. The van der Waals surface area contributed by atoms with Crippen LogP contribution >= 0.6 is 0 Å². The van der Waals surface area contributed by atoms with Gasteiger partial charge in [-0.15, -0.1) is 0 Å². The monoisotopic (exact) mass is 320 g/mol. The molecule has 0 radical (unpaired) electrons. The van der Waals surface area contributed by atoms with Crippen molar-refractivity contribution in [2.75, 3.05) is 26.2 Å². The van der Waals surface area contributed by atoms with Crippen LogP contribution in [-0.4, -0.2) is 47.8 Å². The van der Waals surface area contributed by atoms with Gasteiger partial charge in [0.25, 0.3) is 0 Å². The lowest BCUT2D eigenvalue weighted by Gasteiger charge is -2.34. The summed E-state index contributed by atoms with van der Waals surface area (Å²) in [6, 6.07) is 7.39. The van der Waals surface area contributed by atoms with Gasteiger partial charge in [0.2, 0.25) is 0 Å². The first-order valence-electron chi connectivity index (χ1n) is 9.06. The van der Waals surface area contributed by atoms with E-state index in [1.165, 1.54) is 18.4 Å². The molecule has 3 nitrogen and oxygen atoms in total. The fourth-order valence-corrected chi connectivity index (χ4v) is 3.84. The molecule has 1 heterocycles. The molecule has 3 rings (SSSR count). The lowest BCUT2D eigenvalue weighted by atomic mass is 9.99. The highest BCUT2D eigenvalue weighted by molar-refractivity contribution is 5.16. The summed E-state index contributed by atoms with van der Waals surface area (Å²) in [4.78, 5) is 2.49. The summed E-state index contributed by atoms with van der Waals surface area (Å²) in [6.07, 6.45) is 7.53. The van der Waals surface area contributed by atoms with Crippen LogP contribution in [0.15, 0.2) is 24.3 Å². The van der Waals surface area contributed by atoms with Gasteiger partial charge in [-0.2, -0.15) is 0 Å². The molecular formula is C19H29FN2O. The van der Waals surface area contributed by atoms with E-state index in [0.29, 0.717) is 6.04 Å². The summed E-state index contributed by atoms with van der Waals surface area (Å²) >= 11 is 0. The van der Waals surface area contributed by atoms with Crippen molar-refractivity contribution in [1.29, 1.82) is 0 Å². The first kappa shape index (κ1) is 16.9. The summed E-state index contributed by atoms with van der Waals surface area (Å²) in [6.45, 7) is 4.02. The number of hydrogen-bond acceptors (Lipinski definition) is 3. The molecule has 0 spiro atoms. The van der Waals surface area contributed by atoms with Crippen molar-refractivity contribution in [1.82, 2.24) is 10.2 Å². The van der Waals surface area contributed by atoms with E-state index >= 15 is 0 Å². The van der Waals surface area contributed by atoms with E-state index in [1.54, 1.807) is 12.1 Å². The van der Waals surface area contributed by atoms with E-state index in [2.05, 4.69) is 10.2 Å². The van der Waals surface area contributed by atoms with Gasteiger partial charge >= 0.3 is 0 Å². The molecule has 0 atom stereocenters. The standard InChI is InChI=1S/C19H29FN2O/c20-17-5-3-16(4-6-17)7-12-22-13-8-18(9-14-22)21-15-19(23)10-1-2-11-19/h3-6,18,21,23H,1-2,7-15H2. The Morgan fingerprint density at radius 1 is 1.13 bits per heavy atom. The molecular weight excluding hydrogens is 291 g/mol. The van der Waals surface area contributed by atoms with Crippen LogP contribution in [0.1, 0.15) is 44.1 Å². The summed E-state index contributed by atoms with van der Waals surface area (Å²) < 4.78 is 12.9. The maximum atomic E-state index is 12.9. The van der Waals surface area contributed by atoms with Gasteiger partial charge in [-0.1, -0.05) is 25.0 Å². The lowest BCUT2D eigenvalue weighted by molar-refractivity contribution is 0.0417. The zero-order valence-electron chi connectivity index (χ0n) is 13.9. The minimum absolute atomic E-state index is 0.162. The Labute approximate surface area is 138 Å². The second kappa shape index (κ2) is 7.73. The molecule has 2 N–H and O–H groups in total. The second-order valence-electron chi connectivity index (χ2n) is 7.30. The minimum atomic E-state index is -0.445. The number of likely N-dealkylation sites (tertiary alicyclic amines) is 1. The van der Waals surface area contributed by atoms with Crippen molar-refractivity contribution in [3.63, 3.8) is 0 Å². The average Bonchev–Trinajstić information content (AvgIpc) is 3.01. The number of nitrogens with zero attached hydrogens (tertiary/aromatic N) is 1. The SMILES string of the molecule is OC1(CNC2CCN(CCc3ccc(F)cc3)CC2)CCCC1. The van der Waals surface area contributed by atoms with Gasteiger partial charge < -0.3 is 15.3 Å². The molecule has 1 aromatic carbocycles. The Hall–Kier alpha value is -0.970. The molecule has 1 aliphatic heterocycles. The number of aliphatic hydroxyl groups is 1. The van der Waals surface area contributed by atoms with E-state index in [1.807, 2.05) is 12.1 Å². The maximum Gasteiger partial charge on any atom is 0.123 e. The topological polar surface area (TPSA) is 35.5 Å². The van der Waals surface area contributed by atoms with Crippen LogP contribution in [0.25, 0.3) is 0 Å². The molecule has 23 heavy (non-hydrogen) atoms. The molecule has 1 saturated carbocycles. The van der Waals surface area contributed by atoms with Crippen molar-refractivity contribution in [2.24, 2.45) is 0 Å². The first-order chi connectivity index (χ1) is 11.1. The van der Waals surface area contributed by atoms with Crippen LogP contribution in [0.5, 0.6) is 0 Å². The molecule has 0 bridgehead atoms. The molecule has 0 unspecified atom stereocenters. The van der Waals surface area contributed by atoms with Crippen molar-refractivity contribution >= 4 is 0 Å². The largest absolute Gasteiger partial charge is 0.389 e. The Balaban J connectivity index is 1.34. The number of hydrogen-bond donors (Lipinski definition) is 2. The van der Waals surface area contributed by atoms with Crippen LogP contribution < -0.4 is 5.32 Å². The Morgan fingerprint density at radius 2 is 1.78 bits per heavy atom. The third-order valence-corrected chi connectivity index (χ3v) is 5.47. The Kier molecular flexibility index (Phi) is 5.67. The van der Waals surface area contributed by atoms with Gasteiger partial charge in [0, 0.05) is 19.1 Å². The molecule has 1 aromatic rings. The molecule has 128 valence electrons. The van der Waals surface area contributed by atoms with Crippen LogP contribution in [-0.2, 0) is 6.42 Å². The zero-order valence-corrected chi connectivity index (χ0v) is 13.9. The fourth-order valence-electron chi connectivity index (χ4n) is 3.84. The summed E-state index contributed by atoms with van der Waals surface area (Å²) in [7, 11) is 0. The normalized spacial score (nSPS) is 22.5. The van der Waals surface area contributed by atoms with E-state index in [9.17, 15) is 9.50 Å². The highest BCUT2D eigenvalue weighted by Gasteiger charge is 2.31. The predicted octanol–water partition coefficient (Wildman–Crippen LogP) is 2.73. The van der Waals surface area contributed by atoms with Gasteiger partial charge in [-0.25, -0.2) is 4.39 Å². The number of benzene rings is 1. The van der Waals surface area contributed by atoms with Crippen LogP contribution in [0.2, 0.25) is 0 Å². The third-order valence-electron chi connectivity index (χ3n) is 5.47. The maximum absolute atomic E-state index is 12.9. The smallest absolute Gasteiger partial charge is 0.123 e. The molecule has 2 aliphatic rings. The van der Waals surface area contributed by atoms with Crippen molar-refractivity contribution in [2.45, 2.75) is 56.6 Å². The van der Waals surface area contributed by atoms with E-state index in [4.69, 9.17) is 0 Å². The van der Waals surface area contributed by atoms with Crippen molar-refractivity contribution < 1.29 is 9.50 Å². The van der Waals surface area contributed by atoms with Gasteiger partial charge in [0.1, 0.15) is 5.82 Å². The van der Waals surface area contributed by atoms with E-state index < -0.39 is 5.60 Å². The predicted molar refractivity (Wildman–Crippen MR) is 91.0 cm³/mol. The molecule has 0 aromatic heterocycles. The second-order valence-corrected chi connectivity index (χ2v) is 7.30. The van der Waals surface area contributed by atoms with Crippen LogP contribution in [0.4, 0.5) is 4.39 Å². The molecule has 4 heteroatoms. The minimum Gasteiger partial charge on any atom is -0.389 e. The van der Waals surface area contributed by atoms with Gasteiger partial charge in [0.05, 0.1) is 5.60 Å². The van der Waals surface area contributed by atoms with Crippen molar-refractivity contribution in [3.05, 3.63) is 35.6 Å². The van der Waals surface area contributed by atoms with E-state index in [-0.39, 0.29) is 5.82 Å². The zero-order chi connectivity index (χ0) is 16.1. The first-order valence-corrected chi connectivity index (χ1v) is 9.06. The molecule has 1 saturated heterocycles. The molecule has 0 amide bonds. The van der Waals surface area contributed by atoms with E-state index in [0.717, 1.165) is 58.3 Å². The van der Waals surface area contributed by atoms with Gasteiger partial charge in [-0.3, -0.25) is 0 Å². The summed E-state index contributed by atoms with van der Waals surface area (Å²) in [5, 5.41) is 14.0. The number of nitrogens with one attached hydrogen (secondary N) is 1. The highest BCUT2D eigenvalue weighted by Crippen LogP contribution is 2.29.